The summed E-state index contributed by atoms with van der Waals surface area (Å²) in [7, 11) is 0. The topological polar surface area (TPSA) is 22.8 Å². The van der Waals surface area contributed by atoms with E-state index in [2.05, 4.69) is 160 Å². The number of fused-ring (bicyclic) bond motifs is 6. The Bertz CT molecular complexity index is 2290. The van der Waals surface area contributed by atoms with Crippen LogP contribution in [0.25, 0.3) is 77.4 Å². The van der Waals surface area contributed by atoms with Crippen molar-refractivity contribution in [3.63, 3.8) is 0 Å². The van der Waals surface area contributed by atoms with Crippen molar-refractivity contribution >= 4 is 43.6 Å². The van der Waals surface area contributed by atoms with Gasteiger partial charge in [-0.3, -0.25) is 4.57 Å². The van der Waals surface area contributed by atoms with Crippen molar-refractivity contribution in [1.29, 1.82) is 0 Å². The predicted molar refractivity (Wildman–Crippen MR) is 184 cm³/mol. The van der Waals surface area contributed by atoms with Crippen LogP contribution in [-0.4, -0.2) is 14.1 Å². The Hall–Kier alpha value is -5.93. The average molecular weight is 562 g/mol. The molecule has 6 aromatic carbocycles. The van der Waals surface area contributed by atoms with E-state index >= 15 is 0 Å². The third-order valence-corrected chi connectivity index (χ3v) is 8.79. The second kappa shape index (κ2) is 9.82. The van der Waals surface area contributed by atoms with Crippen LogP contribution in [-0.2, 0) is 0 Å². The first kappa shape index (κ1) is 24.6. The number of rotatable bonds is 4. The summed E-state index contributed by atoms with van der Waals surface area (Å²) >= 11 is 0. The van der Waals surface area contributed by atoms with E-state index in [-0.39, 0.29) is 0 Å². The zero-order valence-corrected chi connectivity index (χ0v) is 23.9. The van der Waals surface area contributed by atoms with Crippen LogP contribution < -0.4 is 0 Å². The molecule has 0 amide bonds. The van der Waals surface area contributed by atoms with Gasteiger partial charge in [-0.1, -0.05) is 97.1 Å². The number of hydrogen-bond acceptors (Lipinski definition) is 1. The van der Waals surface area contributed by atoms with Crippen LogP contribution in [0, 0.1) is 0 Å². The van der Waals surface area contributed by atoms with Crippen LogP contribution in [0.15, 0.2) is 164 Å². The minimum Gasteiger partial charge on any atom is -0.309 e. The van der Waals surface area contributed by atoms with Gasteiger partial charge >= 0.3 is 0 Å². The highest BCUT2D eigenvalue weighted by Gasteiger charge is 2.15. The Morgan fingerprint density at radius 1 is 0.341 bits per heavy atom. The summed E-state index contributed by atoms with van der Waals surface area (Å²) in [5.74, 6) is 0.930. The van der Waals surface area contributed by atoms with Crippen molar-refractivity contribution < 1.29 is 0 Å². The molecule has 0 aliphatic rings. The molecule has 44 heavy (non-hydrogen) atoms. The Morgan fingerprint density at radius 2 is 0.818 bits per heavy atom. The van der Waals surface area contributed by atoms with Crippen molar-refractivity contribution in [2.45, 2.75) is 0 Å². The molecule has 0 atom stereocenters. The largest absolute Gasteiger partial charge is 0.309 e. The van der Waals surface area contributed by atoms with E-state index in [4.69, 9.17) is 0 Å². The third-order valence-electron chi connectivity index (χ3n) is 8.79. The molecule has 3 heteroatoms. The lowest BCUT2D eigenvalue weighted by Crippen LogP contribution is -1.96. The summed E-state index contributed by atoms with van der Waals surface area (Å²) in [6, 6.07) is 56.5. The van der Waals surface area contributed by atoms with Gasteiger partial charge in [-0.05, 0) is 82.9 Å². The van der Waals surface area contributed by atoms with E-state index < -0.39 is 0 Å². The maximum Gasteiger partial charge on any atom is 0.137 e. The average Bonchev–Trinajstić information content (AvgIpc) is 3.61. The molecule has 0 fully saturated rings. The number of aromatic nitrogens is 3. The molecule has 0 aliphatic heterocycles. The van der Waals surface area contributed by atoms with Gasteiger partial charge in [-0.2, -0.15) is 0 Å². The molecule has 206 valence electrons. The second-order valence-corrected chi connectivity index (χ2v) is 11.3. The molecule has 3 heterocycles. The van der Waals surface area contributed by atoms with Crippen LogP contribution in [0.5, 0.6) is 0 Å². The molecular formula is C41H27N3. The van der Waals surface area contributed by atoms with E-state index in [0.29, 0.717) is 0 Å². The van der Waals surface area contributed by atoms with Gasteiger partial charge in [0.05, 0.1) is 22.1 Å². The molecule has 3 aromatic heterocycles. The first-order valence-electron chi connectivity index (χ1n) is 15.0. The fourth-order valence-corrected chi connectivity index (χ4v) is 6.75. The molecule has 0 saturated carbocycles. The van der Waals surface area contributed by atoms with Gasteiger partial charge in [0.25, 0.3) is 0 Å². The summed E-state index contributed by atoms with van der Waals surface area (Å²) in [5.41, 5.74) is 10.8. The lowest BCUT2D eigenvalue weighted by atomic mass is 9.98. The summed E-state index contributed by atoms with van der Waals surface area (Å²) in [4.78, 5) is 4.65. The third kappa shape index (κ3) is 3.80. The number of hydrogen-bond donors (Lipinski definition) is 0. The van der Waals surface area contributed by atoms with Gasteiger partial charge < -0.3 is 4.57 Å². The van der Waals surface area contributed by atoms with Crippen molar-refractivity contribution in [2.24, 2.45) is 0 Å². The van der Waals surface area contributed by atoms with Gasteiger partial charge in [-0.25, -0.2) is 4.98 Å². The molecule has 0 saturated heterocycles. The van der Waals surface area contributed by atoms with E-state index in [1.165, 1.54) is 60.5 Å². The smallest absolute Gasteiger partial charge is 0.137 e. The minimum atomic E-state index is 0.930. The molecule has 0 bridgehead atoms. The SMILES string of the molecule is c1ccc(-n2c3ccccc3c3cc(-c4ccc(-c5ccc6c(c5)c5ccccc5n6-c5ccccn5)cc4)ccc32)cc1. The van der Waals surface area contributed by atoms with Gasteiger partial charge in [0.1, 0.15) is 5.82 Å². The predicted octanol–water partition coefficient (Wildman–Crippen LogP) is 10.6. The second-order valence-electron chi connectivity index (χ2n) is 11.3. The normalized spacial score (nSPS) is 11.6. The molecule has 0 unspecified atom stereocenters. The van der Waals surface area contributed by atoms with Crippen molar-refractivity contribution in [3.8, 4) is 33.8 Å². The van der Waals surface area contributed by atoms with E-state index in [0.717, 1.165) is 16.9 Å². The van der Waals surface area contributed by atoms with Gasteiger partial charge in [0.15, 0.2) is 0 Å². The van der Waals surface area contributed by atoms with Crippen molar-refractivity contribution in [1.82, 2.24) is 14.1 Å². The molecule has 0 spiro atoms. The minimum absolute atomic E-state index is 0.930. The Labute approximate surface area is 254 Å². The zero-order valence-electron chi connectivity index (χ0n) is 23.9. The van der Waals surface area contributed by atoms with E-state index in [1.807, 2.05) is 18.3 Å². The molecule has 9 rings (SSSR count). The molecule has 3 nitrogen and oxygen atoms in total. The highest BCUT2D eigenvalue weighted by molar-refractivity contribution is 6.11. The highest BCUT2D eigenvalue weighted by Crippen LogP contribution is 2.37. The maximum atomic E-state index is 4.65. The maximum absolute atomic E-state index is 4.65. The van der Waals surface area contributed by atoms with Gasteiger partial charge in [0.2, 0.25) is 0 Å². The quantitative estimate of drug-likeness (QED) is 0.210. The first-order valence-corrected chi connectivity index (χ1v) is 15.0. The van der Waals surface area contributed by atoms with Crippen molar-refractivity contribution in [2.75, 3.05) is 0 Å². The molecule has 0 aliphatic carbocycles. The molecule has 9 aromatic rings. The number of para-hydroxylation sites is 3. The summed E-state index contributed by atoms with van der Waals surface area (Å²) < 4.78 is 4.61. The Morgan fingerprint density at radius 3 is 1.41 bits per heavy atom. The number of benzene rings is 6. The van der Waals surface area contributed by atoms with Crippen LogP contribution in [0.1, 0.15) is 0 Å². The summed E-state index contributed by atoms with van der Waals surface area (Å²) in [6.07, 6.45) is 1.85. The Kier molecular flexibility index (Phi) is 5.50. The fraction of sp³-hybridized carbons (Fsp3) is 0. The Balaban J connectivity index is 1.13. The molecule has 0 radical (unpaired) electrons. The van der Waals surface area contributed by atoms with Crippen LogP contribution in [0.3, 0.4) is 0 Å². The zero-order chi connectivity index (χ0) is 29.0. The van der Waals surface area contributed by atoms with Gasteiger partial charge in [0, 0.05) is 33.4 Å². The number of nitrogens with zero attached hydrogens (tertiary/aromatic N) is 3. The summed E-state index contributed by atoms with van der Waals surface area (Å²) in [5, 5.41) is 4.99. The molecule has 0 N–H and O–H groups in total. The number of pyridine rings is 1. The van der Waals surface area contributed by atoms with Gasteiger partial charge in [-0.15, -0.1) is 0 Å². The monoisotopic (exact) mass is 561 g/mol. The van der Waals surface area contributed by atoms with E-state index in [1.54, 1.807) is 0 Å². The fourth-order valence-electron chi connectivity index (χ4n) is 6.75. The highest BCUT2D eigenvalue weighted by atomic mass is 15.1. The molecular weight excluding hydrogens is 534 g/mol. The van der Waals surface area contributed by atoms with Crippen LogP contribution >= 0.6 is 0 Å². The van der Waals surface area contributed by atoms with E-state index in [9.17, 15) is 0 Å². The standard InChI is InChI=1S/C41H27N3/c1-2-10-32(11-3-1)43-37-14-6-4-12-33(37)35-26-30(21-23-39(35)43)28-17-19-29(20-18-28)31-22-24-40-36(27-31)34-13-5-7-15-38(34)44(40)41-16-8-9-25-42-41/h1-27H. The summed E-state index contributed by atoms with van der Waals surface area (Å²) in [6.45, 7) is 0. The lowest BCUT2D eigenvalue weighted by molar-refractivity contribution is 1.08. The van der Waals surface area contributed by atoms with Crippen LogP contribution in [0.4, 0.5) is 0 Å². The van der Waals surface area contributed by atoms with Crippen LogP contribution in [0.2, 0.25) is 0 Å². The van der Waals surface area contributed by atoms with Crippen molar-refractivity contribution in [3.05, 3.63) is 164 Å². The lowest BCUT2D eigenvalue weighted by Gasteiger charge is -2.09. The first-order chi connectivity index (χ1) is 21.8.